The molecule has 1 saturated heterocycles. The molecule has 2 aromatic heterocycles. The van der Waals surface area contributed by atoms with Crippen LogP contribution in [0.5, 0.6) is 0 Å². The minimum absolute atomic E-state index is 0.0117. The quantitative estimate of drug-likeness (QED) is 0.761. The second-order valence-corrected chi connectivity index (χ2v) is 5.71. The van der Waals surface area contributed by atoms with Gasteiger partial charge in [0, 0.05) is 12.0 Å². The number of imidazole rings is 1. The van der Waals surface area contributed by atoms with E-state index < -0.39 is 0 Å². The van der Waals surface area contributed by atoms with E-state index >= 15 is 0 Å². The number of fused-ring (bicyclic) bond motifs is 1. The zero-order chi connectivity index (χ0) is 15.3. The van der Waals surface area contributed by atoms with Crippen LogP contribution in [-0.2, 0) is 4.79 Å². The third kappa shape index (κ3) is 1.99. The van der Waals surface area contributed by atoms with Crippen LogP contribution in [0.15, 0.2) is 22.7 Å². The first-order valence-electron chi connectivity index (χ1n) is 7.34. The summed E-state index contributed by atoms with van der Waals surface area (Å²) in [6.07, 6.45) is 1.35. The van der Waals surface area contributed by atoms with E-state index in [0.29, 0.717) is 6.42 Å². The Bertz CT molecular complexity index is 858. The van der Waals surface area contributed by atoms with Crippen molar-refractivity contribution in [3.05, 3.63) is 35.5 Å². The van der Waals surface area contributed by atoms with Crippen molar-refractivity contribution >= 4 is 16.9 Å². The van der Waals surface area contributed by atoms with E-state index in [9.17, 15) is 4.79 Å². The van der Waals surface area contributed by atoms with Crippen LogP contribution in [0.4, 0.5) is 0 Å². The van der Waals surface area contributed by atoms with Crippen LogP contribution in [0.2, 0.25) is 0 Å². The molecule has 0 saturated carbocycles. The van der Waals surface area contributed by atoms with Gasteiger partial charge >= 0.3 is 0 Å². The SMILES string of the molecule is Cc1noc(C)c1-c1ccc2nc(C3CCC(=O)N3)[nH]c2c1. The maximum atomic E-state index is 11.4. The number of benzene rings is 1. The minimum Gasteiger partial charge on any atom is -0.361 e. The molecular weight excluding hydrogens is 280 g/mol. The maximum absolute atomic E-state index is 11.4. The lowest BCUT2D eigenvalue weighted by Crippen LogP contribution is -2.19. The molecule has 0 bridgehead atoms. The van der Waals surface area contributed by atoms with Crippen molar-refractivity contribution in [3.8, 4) is 11.1 Å². The number of carbonyl (C=O) groups excluding carboxylic acids is 1. The molecule has 1 fully saturated rings. The average molecular weight is 296 g/mol. The smallest absolute Gasteiger partial charge is 0.220 e. The number of carbonyl (C=O) groups is 1. The number of nitrogens with zero attached hydrogens (tertiary/aromatic N) is 2. The predicted molar refractivity (Wildman–Crippen MR) is 81.2 cm³/mol. The van der Waals surface area contributed by atoms with Gasteiger partial charge in [-0.1, -0.05) is 11.2 Å². The standard InChI is InChI=1S/C16H16N4O2/c1-8-15(9(2)22-20-8)10-3-4-11-13(7-10)19-16(18-11)12-5-6-14(21)17-12/h3-4,7,12H,5-6H2,1-2H3,(H,17,21)(H,18,19). The number of hydrogen-bond acceptors (Lipinski definition) is 4. The zero-order valence-corrected chi connectivity index (χ0v) is 12.4. The molecule has 1 aliphatic rings. The Hall–Kier alpha value is -2.63. The first-order chi connectivity index (χ1) is 10.6. The van der Waals surface area contributed by atoms with E-state index in [-0.39, 0.29) is 11.9 Å². The van der Waals surface area contributed by atoms with E-state index in [4.69, 9.17) is 4.52 Å². The topological polar surface area (TPSA) is 83.8 Å². The largest absolute Gasteiger partial charge is 0.361 e. The van der Waals surface area contributed by atoms with E-state index in [0.717, 1.165) is 45.9 Å². The van der Waals surface area contributed by atoms with Gasteiger partial charge in [-0.25, -0.2) is 4.98 Å². The van der Waals surface area contributed by atoms with Gasteiger partial charge in [-0.05, 0) is 38.0 Å². The van der Waals surface area contributed by atoms with Crippen molar-refractivity contribution in [3.63, 3.8) is 0 Å². The molecule has 1 atom stereocenters. The van der Waals surface area contributed by atoms with Gasteiger partial charge in [-0.15, -0.1) is 0 Å². The van der Waals surface area contributed by atoms with Crippen molar-refractivity contribution in [2.45, 2.75) is 32.7 Å². The molecule has 6 nitrogen and oxygen atoms in total. The maximum Gasteiger partial charge on any atom is 0.220 e. The van der Waals surface area contributed by atoms with E-state index in [1.165, 1.54) is 0 Å². The van der Waals surface area contributed by atoms with Gasteiger partial charge in [0.25, 0.3) is 0 Å². The van der Waals surface area contributed by atoms with Gasteiger partial charge in [0.15, 0.2) is 0 Å². The molecule has 22 heavy (non-hydrogen) atoms. The second-order valence-electron chi connectivity index (χ2n) is 5.71. The van der Waals surface area contributed by atoms with Gasteiger partial charge in [-0.2, -0.15) is 0 Å². The molecule has 1 aliphatic heterocycles. The minimum atomic E-state index is -0.0117. The summed E-state index contributed by atoms with van der Waals surface area (Å²) in [5.41, 5.74) is 4.79. The fourth-order valence-corrected chi connectivity index (χ4v) is 3.06. The Labute approximate surface area is 126 Å². The number of hydrogen-bond donors (Lipinski definition) is 2. The molecule has 2 N–H and O–H groups in total. The fourth-order valence-electron chi connectivity index (χ4n) is 3.06. The highest BCUT2D eigenvalue weighted by Crippen LogP contribution is 2.30. The van der Waals surface area contributed by atoms with Crippen LogP contribution in [0.3, 0.4) is 0 Å². The lowest BCUT2D eigenvalue weighted by Gasteiger charge is -2.04. The molecule has 0 aliphatic carbocycles. The third-order valence-corrected chi connectivity index (χ3v) is 4.15. The first kappa shape index (κ1) is 13.1. The lowest BCUT2D eigenvalue weighted by molar-refractivity contribution is -0.119. The van der Waals surface area contributed by atoms with E-state index in [2.05, 4.69) is 26.5 Å². The summed E-state index contributed by atoms with van der Waals surface area (Å²) < 4.78 is 5.24. The van der Waals surface area contributed by atoms with Crippen LogP contribution in [0.1, 0.15) is 36.2 Å². The van der Waals surface area contributed by atoms with Crippen LogP contribution in [0, 0.1) is 13.8 Å². The molecule has 112 valence electrons. The zero-order valence-electron chi connectivity index (χ0n) is 12.4. The molecule has 1 unspecified atom stereocenters. The average Bonchev–Trinajstić information content (AvgIpc) is 3.17. The summed E-state index contributed by atoms with van der Waals surface area (Å²) in [5.74, 6) is 1.71. The first-order valence-corrected chi connectivity index (χ1v) is 7.34. The van der Waals surface area contributed by atoms with Crippen LogP contribution in [-0.4, -0.2) is 21.0 Å². The summed E-state index contributed by atoms with van der Waals surface area (Å²) in [5, 5.41) is 6.93. The summed E-state index contributed by atoms with van der Waals surface area (Å²) in [6, 6.07) is 6.04. The van der Waals surface area contributed by atoms with Crippen LogP contribution < -0.4 is 5.32 Å². The number of aromatic amines is 1. The summed E-state index contributed by atoms with van der Waals surface area (Å²) in [6.45, 7) is 3.84. The number of H-pyrrole nitrogens is 1. The van der Waals surface area contributed by atoms with Crippen LogP contribution in [0.25, 0.3) is 22.2 Å². The Balaban J connectivity index is 1.77. The molecule has 6 heteroatoms. The van der Waals surface area contributed by atoms with Crippen molar-refractivity contribution in [1.82, 2.24) is 20.4 Å². The summed E-state index contributed by atoms with van der Waals surface area (Å²) in [7, 11) is 0. The molecular formula is C16H16N4O2. The third-order valence-electron chi connectivity index (χ3n) is 4.15. The van der Waals surface area contributed by atoms with Gasteiger partial charge in [0.2, 0.25) is 5.91 Å². The Morgan fingerprint density at radius 2 is 2.18 bits per heavy atom. The van der Waals surface area contributed by atoms with Gasteiger partial charge in [0.05, 0.1) is 22.8 Å². The number of amides is 1. The molecule has 3 aromatic rings. The van der Waals surface area contributed by atoms with Crippen LogP contribution >= 0.6 is 0 Å². The van der Waals surface area contributed by atoms with E-state index in [1.807, 2.05) is 26.0 Å². The van der Waals surface area contributed by atoms with E-state index in [1.54, 1.807) is 0 Å². The lowest BCUT2D eigenvalue weighted by atomic mass is 10.0. The highest BCUT2D eigenvalue weighted by Gasteiger charge is 2.25. The highest BCUT2D eigenvalue weighted by atomic mass is 16.5. The molecule has 1 aromatic carbocycles. The summed E-state index contributed by atoms with van der Waals surface area (Å²) >= 11 is 0. The predicted octanol–water partition coefficient (Wildman–Crippen LogP) is 2.79. The Morgan fingerprint density at radius 1 is 1.32 bits per heavy atom. The second kappa shape index (κ2) is 4.69. The Kier molecular flexibility index (Phi) is 2.79. The monoisotopic (exact) mass is 296 g/mol. The number of rotatable bonds is 2. The van der Waals surface area contributed by atoms with Crippen molar-refractivity contribution < 1.29 is 9.32 Å². The molecule has 4 rings (SSSR count). The normalized spacial score (nSPS) is 18.1. The summed E-state index contributed by atoms with van der Waals surface area (Å²) in [4.78, 5) is 19.3. The molecule has 1 amide bonds. The number of aromatic nitrogens is 3. The van der Waals surface area contributed by atoms with Gasteiger partial charge < -0.3 is 14.8 Å². The Morgan fingerprint density at radius 3 is 2.86 bits per heavy atom. The molecule has 0 radical (unpaired) electrons. The number of aryl methyl sites for hydroxylation is 2. The highest BCUT2D eigenvalue weighted by molar-refractivity contribution is 5.83. The van der Waals surface area contributed by atoms with Crippen molar-refractivity contribution in [1.29, 1.82) is 0 Å². The molecule has 3 heterocycles. The van der Waals surface area contributed by atoms with Gasteiger partial charge in [0.1, 0.15) is 11.6 Å². The van der Waals surface area contributed by atoms with Crippen molar-refractivity contribution in [2.75, 3.05) is 0 Å². The van der Waals surface area contributed by atoms with Crippen molar-refractivity contribution in [2.24, 2.45) is 0 Å². The molecule has 0 spiro atoms. The number of nitrogens with one attached hydrogen (secondary N) is 2. The fraction of sp³-hybridized carbons (Fsp3) is 0.312. The van der Waals surface area contributed by atoms with Gasteiger partial charge in [-0.3, -0.25) is 4.79 Å².